The Labute approximate surface area is 108 Å². The lowest BCUT2D eigenvalue weighted by molar-refractivity contribution is 0.0509. The first kappa shape index (κ1) is 12.8. The molecule has 0 saturated carbocycles. The van der Waals surface area contributed by atoms with Crippen molar-refractivity contribution in [2.75, 3.05) is 19.8 Å². The van der Waals surface area contributed by atoms with Crippen LogP contribution in [-0.2, 0) is 16.1 Å². The zero-order chi connectivity index (χ0) is 12.6. The molecule has 0 aromatic heterocycles. The van der Waals surface area contributed by atoms with Gasteiger partial charge in [0.05, 0.1) is 26.4 Å². The van der Waals surface area contributed by atoms with Crippen molar-refractivity contribution in [3.8, 4) is 0 Å². The van der Waals surface area contributed by atoms with Crippen molar-refractivity contribution >= 4 is 10.8 Å². The van der Waals surface area contributed by atoms with E-state index in [-0.39, 0.29) is 0 Å². The van der Waals surface area contributed by atoms with Crippen LogP contribution in [0.1, 0.15) is 5.56 Å². The number of fused-ring (bicyclic) bond motifs is 1. The number of hydrogen-bond donors (Lipinski definition) is 0. The number of benzene rings is 2. The molecule has 0 aliphatic carbocycles. The second-order valence-corrected chi connectivity index (χ2v) is 4.05. The van der Waals surface area contributed by atoms with Gasteiger partial charge in [-0.3, -0.25) is 0 Å². The molecule has 2 rings (SSSR count). The third-order valence-corrected chi connectivity index (χ3v) is 2.75. The molecule has 18 heavy (non-hydrogen) atoms. The molecule has 0 bridgehead atoms. The van der Waals surface area contributed by atoms with E-state index in [1.807, 2.05) is 0 Å². The van der Waals surface area contributed by atoms with Crippen LogP contribution in [0.25, 0.3) is 10.8 Å². The van der Waals surface area contributed by atoms with E-state index in [9.17, 15) is 0 Å². The van der Waals surface area contributed by atoms with Gasteiger partial charge < -0.3 is 9.47 Å². The Hall–Kier alpha value is -1.64. The highest BCUT2D eigenvalue weighted by Crippen LogP contribution is 2.18. The molecule has 0 amide bonds. The van der Waals surface area contributed by atoms with Crippen molar-refractivity contribution in [3.63, 3.8) is 0 Å². The van der Waals surface area contributed by atoms with E-state index in [4.69, 9.17) is 9.47 Å². The van der Waals surface area contributed by atoms with Gasteiger partial charge in [-0.15, -0.1) is 6.58 Å². The normalized spacial score (nSPS) is 10.7. The molecule has 0 unspecified atom stereocenters. The minimum atomic E-state index is 0.581. The van der Waals surface area contributed by atoms with E-state index < -0.39 is 0 Å². The Bertz CT molecular complexity index is 500. The van der Waals surface area contributed by atoms with Crippen molar-refractivity contribution in [2.45, 2.75) is 6.61 Å². The van der Waals surface area contributed by atoms with Crippen LogP contribution in [0.15, 0.2) is 55.1 Å². The largest absolute Gasteiger partial charge is 0.375 e. The first-order chi connectivity index (χ1) is 8.92. The first-order valence-corrected chi connectivity index (χ1v) is 6.15. The van der Waals surface area contributed by atoms with Crippen LogP contribution >= 0.6 is 0 Å². The summed E-state index contributed by atoms with van der Waals surface area (Å²) in [5.74, 6) is 0. The summed E-state index contributed by atoms with van der Waals surface area (Å²) in [5.41, 5.74) is 1.22. The van der Waals surface area contributed by atoms with Crippen LogP contribution in [0.3, 0.4) is 0 Å². The SMILES string of the molecule is C=CCOCCOCc1cccc2ccccc12. The highest BCUT2D eigenvalue weighted by molar-refractivity contribution is 5.85. The van der Waals surface area contributed by atoms with Crippen LogP contribution in [0, 0.1) is 0 Å². The number of rotatable bonds is 7. The Morgan fingerprint density at radius 1 is 0.944 bits per heavy atom. The van der Waals surface area contributed by atoms with Crippen molar-refractivity contribution in [2.24, 2.45) is 0 Å². The average molecular weight is 242 g/mol. The number of hydrogen-bond acceptors (Lipinski definition) is 2. The molecular weight excluding hydrogens is 224 g/mol. The molecule has 0 heterocycles. The van der Waals surface area contributed by atoms with Gasteiger partial charge in [-0.05, 0) is 16.3 Å². The molecule has 0 N–H and O–H groups in total. The molecule has 0 atom stereocenters. The lowest BCUT2D eigenvalue weighted by Crippen LogP contribution is -2.04. The summed E-state index contributed by atoms with van der Waals surface area (Å²) >= 11 is 0. The minimum absolute atomic E-state index is 0.581. The fourth-order valence-electron chi connectivity index (χ4n) is 1.88. The summed E-state index contributed by atoms with van der Waals surface area (Å²) < 4.78 is 10.9. The van der Waals surface area contributed by atoms with E-state index in [0.29, 0.717) is 26.4 Å². The average Bonchev–Trinajstić information content (AvgIpc) is 2.43. The lowest BCUT2D eigenvalue weighted by Gasteiger charge is -2.07. The number of ether oxygens (including phenoxy) is 2. The summed E-state index contributed by atoms with van der Waals surface area (Å²) in [6.45, 7) is 6.02. The third-order valence-electron chi connectivity index (χ3n) is 2.75. The van der Waals surface area contributed by atoms with Crippen molar-refractivity contribution in [1.29, 1.82) is 0 Å². The van der Waals surface area contributed by atoms with Gasteiger partial charge in [0.1, 0.15) is 0 Å². The van der Waals surface area contributed by atoms with Crippen LogP contribution in [0.5, 0.6) is 0 Å². The summed E-state index contributed by atoms with van der Waals surface area (Å²) in [6, 6.07) is 14.6. The molecule has 0 saturated heterocycles. The van der Waals surface area contributed by atoms with E-state index in [0.717, 1.165) is 0 Å². The van der Waals surface area contributed by atoms with Crippen LogP contribution in [0.2, 0.25) is 0 Å². The Balaban J connectivity index is 1.89. The molecule has 2 aromatic rings. The van der Waals surface area contributed by atoms with Gasteiger partial charge in [0.2, 0.25) is 0 Å². The highest BCUT2D eigenvalue weighted by Gasteiger charge is 1.99. The maximum atomic E-state index is 5.62. The summed E-state index contributed by atoms with van der Waals surface area (Å²) in [5, 5.41) is 2.51. The third kappa shape index (κ3) is 3.42. The standard InChI is InChI=1S/C16H18O2/c1-2-10-17-11-12-18-13-15-8-5-7-14-6-3-4-9-16(14)15/h2-9H,1,10-13H2. The first-order valence-electron chi connectivity index (χ1n) is 6.15. The van der Waals surface area contributed by atoms with Gasteiger partial charge in [0, 0.05) is 0 Å². The highest BCUT2D eigenvalue weighted by atomic mass is 16.5. The molecule has 2 nitrogen and oxygen atoms in total. The molecule has 2 aromatic carbocycles. The second-order valence-electron chi connectivity index (χ2n) is 4.05. The van der Waals surface area contributed by atoms with Gasteiger partial charge in [-0.2, -0.15) is 0 Å². The maximum absolute atomic E-state index is 5.62. The predicted molar refractivity (Wildman–Crippen MR) is 74.6 cm³/mol. The minimum Gasteiger partial charge on any atom is -0.375 e. The molecular formula is C16H18O2. The van der Waals surface area contributed by atoms with Gasteiger partial charge >= 0.3 is 0 Å². The molecule has 0 aliphatic rings. The smallest absolute Gasteiger partial charge is 0.0724 e. The van der Waals surface area contributed by atoms with Gasteiger partial charge in [0.15, 0.2) is 0 Å². The zero-order valence-corrected chi connectivity index (χ0v) is 10.5. The lowest BCUT2D eigenvalue weighted by atomic mass is 10.1. The molecule has 0 spiro atoms. The molecule has 2 heteroatoms. The Kier molecular flexibility index (Phi) is 4.94. The fraction of sp³-hybridized carbons (Fsp3) is 0.250. The fourth-order valence-corrected chi connectivity index (χ4v) is 1.88. The summed E-state index contributed by atoms with van der Waals surface area (Å²) in [4.78, 5) is 0. The van der Waals surface area contributed by atoms with Crippen molar-refractivity contribution in [1.82, 2.24) is 0 Å². The summed E-state index contributed by atoms with van der Waals surface area (Å²) in [6.07, 6.45) is 1.74. The maximum Gasteiger partial charge on any atom is 0.0724 e. The van der Waals surface area contributed by atoms with Gasteiger partial charge in [0.25, 0.3) is 0 Å². The monoisotopic (exact) mass is 242 g/mol. The Morgan fingerprint density at radius 3 is 2.61 bits per heavy atom. The van der Waals surface area contributed by atoms with E-state index in [1.165, 1.54) is 16.3 Å². The molecule has 0 fully saturated rings. The molecule has 0 radical (unpaired) electrons. The summed E-state index contributed by atoms with van der Waals surface area (Å²) in [7, 11) is 0. The van der Waals surface area contributed by atoms with Crippen molar-refractivity contribution < 1.29 is 9.47 Å². The topological polar surface area (TPSA) is 18.5 Å². The van der Waals surface area contributed by atoms with Gasteiger partial charge in [-0.1, -0.05) is 48.5 Å². The quantitative estimate of drug-likeness (QED) is 0.546. The molecule has 0 aliphatic heterocycles. The van der Waals surface area contributed by atoms with Crippen LogP contribution < -0.4 is 0 Å². The van der Waals surface area contributed by atoms with E-state index in [2.05, 4.69) is 49.0 Å². The van der Waals surface area contributed by atoms with Crippen LogP contribution in [0.4, 0.5) is 0 Å². The predicted octanol–water partition coefficient (Wildman–Crippen LogP) is 3.56. The van der Waals surface area contributed by atoms with Gasteiger partial charge in [-0.25, -0.2) is 0 Å². The Morgan fingerprint density at radius 2 is 1.72 bits per heavy atom. The second kappa shape index (κ2) is 6.94. The van der Waals surface area contributed by atoms with Crippen molar-refractivity contribution in [3.05, 3.63) is 60.7 Å². The molecule has 94 valence electrons. The van der Waals surface area contributed by atoms with Crippen LogP contribution in [-0.4, -0.2) is 19.8 Å². The van der Waals surface area contributed by atoms with E-state index in [1.54, 1.807) is 6.08 Å². The zero-order valence-electron chi connectivity index (χ0n) is 10.5. The van der Waals surface area contributed by atoms with E-state index >= 15 is 0 Å².